The Labute approximate surface area is 251 Å². The Bertz CT molecular complexity index is 1040. The van der Waals surface area contributed by atoms with Crippen molar-refractivity contribution in [3.05, 3.63) is 35.4 Å². The van der Waals surface area contributed by atoms with Crippen molar-refractivity contribution in [2.24, 2.45) is 5.92 Å². The van der Waals surface area contributed by atoms with E-state index in [9.17, 15) is 19.2 Å². The summed E-state index contributed by atoms with van der Waals surface area (Å²) in [4.78, 5) is 55.5. The lowest BCUT2D eigenvalue weighted by Crippen LogP contribution is -2.54. The quantitative estimate of drug-likeness (QED) is 0.362. The lowest BCUT2D eigenvalue weighted by Gasteiger charge is -2.34. The Hall–Kier alpha value is -3.14. The van der Waals surface area contributed by atoms with E-state index in [1.54, 1.807) is 27.7 Å². The number of rotatable bonds is 10. The van der Waals surface area contributed by atoms with E-state index in [4.69, 9.17) is 4.74 Å². The summed E-state index contributed by atoms with van der Waals surface area (Å²) in [6.45, 7) is 10.4. The van der Waals surface area contributed by atoms with Gasteiger partial charge in [-0.2, -0.15) is 0 Å². The van der Waals surface area contributed by atoms with E-state index >= 15 is 0 Å². The van der Waals surface area contributed by atoms with Crippen LogP contribution in [0.1, 0.15) is 83.8 Å². The molecule has 1 saturated heterocycles. The number of piperazine rings is 1. The second-order valence-electron chi connectivity index (χ2n) is 12.7. The second kappa shape index (κ2) is 15.9. The van der Waals surface area contributed by atoms with E-state index in [0.29, 0.717) is 32.5 Å². The maximum Gasteiger partial charge on any atom is 0.408 e. The van der Waals surface area contributed by atoms with Gasteiger partial charge < -0.3 is 30.5 Å². The molecule has 42 heavy (non-hydrogen) atoms. The highest BCUT2D eigenvalue weighted by molar-refractivity contribution is 5.88. The van der Waals surface area contributed by atoms with E-state index in [1.165, 1.54) is 0 Å². The van der Waals surface area contributed by atoms with Gasteiger partial charge in [-0.15, -0.1) is 0 Å². The molecule has 0 radical (unpaired) electrons. The van der Waals surface area contributed by atoms with Crippen LogP contribution >= 0.6 is 0 Å². The largest absolute Gasteiger partial charge is 0.444 e. The summed E-state index contributed by atoms with van der Waals surface area (Å²) in [5, 5.41) is 8.77. The van der Waals surface area contributed by atoms with Crippen molar-refractivity contribution in [1.82, 2.24) is 25.8 Å². The topological polar surface area (TPSA) is 120 Å². The van der Waals surface area contributed by atoms with Crippen LogP contribution in [0.2, 0.25) is 0 Å². The SMILES string of the molecule is CCC(=O)NC(Cc1ccc(CNC(=O)C(NC(=O)OC(C)(C)C)C2CCCCCC2)cc1)C(=O)N1CCN(C)CC1. The number of amides is 4. The number of nitrogens with one attached hydrogen (secondary N) is 3. The molecule has 1 aromatic carbocycles. The molecule has 0 bridgehead atoms. The summed E-state index contributed by atoms with van der Waals surface area (Å²) >= 11 is 0. The van der Waals surface area contributed by atoms with E-state index < -0.39 is 23.8 Å². The number of nitrogens with zero attached hydrogens (tertiary/aromatic N) is 2. The maximum absolute atomic E-state index is 13.4. The summed E-state index contributed by atoms with van der Waals surface area (Å²) in [6, 6.07) is 6.45. The summed E-state index contributed by atoms with van der Waals surface area (Å²) in [6.07, 6.45) is 6.30. The minimum atomic E-state index is -0.652. The average Bonchev–Trinajstić information content (AvgIpc) is 3.23. The van der Waals surface area contributed by atoms with Gasteiger partial charge in [0, 0.05) is 45.6 Å². The Morgan fingerprint density at radius 2 is 1.50 bits per heavy atom. The number of likely N-dealkylation sites (N-methyl/N-ethyl adjacent to an activating group) is 1. The van der Waals surface area contributed by atoms with Crippen LogP contribution in [0.4, 0.5) is 4.79 Å². The zero-order valence-electron chi connectivity index (χ0n) is 26.2. The Morgan fingerprint density at radius 3 is 2.07 bits per heavy atom. The number of carbonyl (C=O) groups is 4. The first kappa shape index (κ1) is 33.4. The predicted octanol–water partition coefficient (Wildman–Crippen LogP) is 3.38. The zero-order chi connectivity index (χ0) is 30.7. The molecule has 1 aliphatic heterocycles. The van der Waals surface area contributed by atoms with Gasteiger partial charge in [-0.25, -0.2) is 4.79 Å². The second-order valence-corrected chi connectivity index (χ2v) is 12.7. The average molecular weight is 586 g/mol. The van der Waals surface area contributed by atoms with Crippen molar-refractivity contribution in [3.8, 4) is 0 Å². The Balaban J connectivity index is 1.62. The van der Waals surface area contributed by atoms with Crippen molar-refractivity contribution in [2.45, 2.75) is 103 Å². The van der Waals surface area contributed by atoms with E-state index in [1.807, 2.05) is 36.2 Å². The number of hydrogen-bond donors (Lipinski definition) is 3. The first-order valence-corrected chi connectivity index (χ1v) is 15.6. The molecule has 1 heterocycles. The highest BCUT2D eigenvalue weighted by Crippen LogP contribution is 2.26. The van der Waals surface area contributed by atoms with Gasteiger partial charge in [-0.1, -0.05) is 56.9 Å². The van der Waals surface area contributed by atoms with Crippen molar-refractivity contribution < 1.29 is 23.9 Å². The molecule has 2 aliphatic rings. The fraction of sp³-hybridized carbons (Fsp3) is 0.688. The summed E-state index contributed by atoms with van der Waals surface area (Å²) in [7, 11) is 2.04. The van der Waals surface area contributed by atoms with Gasteiger partial charge in [0.1, 0.15) is 17.7 Å². The minimum absolute atomic E-state index is 0.0525. The maximum atomic E-state index is 13.4. The number of benzene rings is 1. The van der Waals surface area contributed by atoms with Gasteiger partial charge in [0.15, 0.2) is 0 Å². The van der Waals surface area contributed by atoms with Gasteiger partial charge in [0.05, 0.1) is 0 Å². The van der Waals surface area contributed by atoms with E-state index in [0.717, 1.165) is 62.7 Å². The normalized spacial score (nSPS) is 18.4. The molecule has 10 heteroatoms. The molecule has 4 amide bonds. The van der Waals surface area contributed by atoms with E-state index in [2.05, 4.69) is 20.9 Å². The molecule has 1 aromatic rings. The molecule has 0 aromatic heterocycles. The minimum Gasteiger partial charge on any atom is -0.444 e. The Morgan fingerprint density at radius 1 is 0.905 bits per heavy atom. The van der Waals surface area contributed by atoms with Gasteiger partial charge in [-0.05, 0) is 57.7 Å². The molecule has 0 spiro atoms. The zero-order valence-corrected chi connectivity index (χ0v) is 26.2. The van der Waals surface area contributed by atoms with Crippen LogP contribution in [0.5, 0.6) is 0 Å². The van der Waals surface area contributed by atoms with Gasteiger partial charge in [0.25, 0.3) is 0 Å². The molecule has 234 valence electrons. The lowest BCUT2D eigenvalue weighted by molar-refractivity contribution is -0.137. The molecule has 1 saturated carbocycles. The van der Waals surface area contributed by atoms with Crippen LogP contribution in [0.25, 0.3) is 0 Å². The van der Waals surface area contributed by atoms with Crippen molar-refractivity contribution in [1.29, 1.82) is 0 Å². The summed E-state index contributed by atoms with van der Waals surface area (Å²) in [5.41, 5.74) is 1.18. The molecule has 1 aliphatic carbocycles. The third kappa shape index (κ3) is 10.9. The van der Waals surface area contributed by atoms with Crippen LogP contribution in [0.3, 0.4) is 0 Å². The van der Waals surface area contributed by atoms with Crippen LogP contribution in [-0.4, -0.2) is 84.5 Å². The predicted molar refractivity (Wildman–Crippen MR) is 163 cm³/mol. The first-order chi connectivity index (χ1) is 19.9. The van der Waals surface area contributed by atoms with Gasteiger partial charge >= 0.3 is 6.09 Å². The van der Waals surface area contributed by atoms with E-state index in [-0.39, 0.29) is 23.6 Å². The molecule has 2 atom stereocenters. The smallest absolute Gasteiger partial charge is 0.408 e. The Kier molecular flexibility index (Phi) is 12.6. The van der Waals surface area contributed by atoms with Crippen molar-refractivity contribution in [3.63, 3.8) is 0 Å². The number of ether oxygens (including phenoxy) is 1. The van der Waals surface area contributed by atoms with Gasteiger partial charge in [-0.3, -0.25) is 14.4 Å². The van der Waals surface area contributed by atoms with Crippen LogP contribution in [-0.2, 0) is 32.1 Å². The van der Waals surface area contributed by atoms with Crippen molar-refractivity contribution in [2.75, 3.05) is 33.2 Å². The fourth-order valence-electron chi connectivity index (χ4n) is 5.55. The lowest BCUT2D eigenvalue weighted by atomic mass is 9.91. The fourth-order valence-corrected chi connectivity index (χ4v) is 5.55. The molecule has 2 fully saturated rings. The van der Waals surface area contributed by atoms with Crippen LogP contribution in [0, 0.1) is 5.92 Å². The monoisotopic (exact) mass is 585 g/mol. The third-order valence-electron chi connectivity index (χ3n) is 8.02. The van der Waals surface area contributed by atoms with Crippen LogP contribution < -0.4 is 16.0 Å². The molecule has 3 rings (SSSR count). The van der Waals surface area contributed by atoms with Crippen molar-refractivity contribution >= 4 is 23.8 Å². The highest BCUT2D eigenvalue weighted by atomic mass is 16.6. The molecule has 3 N–H and O–H groups in total. The summed E-state index contributed by atoms with van der Waals surface area (Å²) < 4.78 is 5.45. The first-order valence-electron chi connectivity index (χ1n) is 15.6. The summed E-state index contributed by atoms with van der Waals surface area (Å²) in [5.74, 6) is -0.347. The number of alkyl carbamates (subject to hydrolysis) is 1. The highest BCUT2D eigenvalue weighted by Gasteiger charge is 2.32. The number of hydrogen-bond acceptors (Lipinski definition) is 6. The molecule has 10 nitrogen and oxygen atoms in total. The number of carbonyl (C=O) groups excluding carboxylic acids is 4. The van der Waals surface area contributed by atoms with Crippen LogP contribution in [0.15, 0.2) is 24.3 Å². The standard InChI is InChI=1S/C32H51N5O5/c1-6-27(38)34-26(30(40)37-19-17-36(5)18-20-37)21-23-13-15-24(16-14-23)22-33-29(39)28(25-11-9-7-8-10-12-25)35-31(41)42-32(2,3)4/h13-16,25-26,28H,6-12,17-22H2,1-5H3,(H,33,39)(H,34,38)(H,35,41). The molecule has 2 unspecified atom stereocenters. The molecular weight excluding hydrogens is 534 g/mol. The van der Waals surface area contributed by atoms with Gasteiger partial charge in [0.2, 0.25) is 17.7 Å². The third-order valence-corrected chi connectivity index (χ3v) is 8.02. The molecular formula is C32H51N5O5.